The van der Waals surface area contributed by atoms with Crippen molar-refractivity contribution in [3.63, 3.8) is 0 Å². The van der Waals surface area contributed by atoms with Crippen molar-refractivity contribution in [1.29, 1.82) is 0 Å². The molecule has 0 saturated carbocycles. The molecule has 2 aromatic rings. The Balaban J connectivity index is 2.70. The molecule has 0 saturated heterocycles. The number of pyridine rings is 1. The Morgan fingerprint density at radius 2 is 2.12 bits per heavy atom. The molecule has 0 fully saturated rings. The third-order valence-electron chi connectivity index (χ3n) is 2.33. The lowest BCUT2D eigenvalue weighted by Gasteiger charge is -2.06. The number of benzene rings is 1. The van der Waals surface area contributed by atoms with E-state index < -0.39 is 5.97 Å². The predicted molar refractivity (Wildman–Crippen MR) is 65.5 cm³/mol. The topological polar surface area (TPSA) is 59.2 Å². The van der Waals surface area contributed by atoms with Gasteiger partial charge in [-0.15, -0.1) is 0 Å². The molecule has 1 heterocycles. The van der Waals surface area contributed by atoms with Gasteiger partial charge in [0.2, 0.25) is 5.43 Å². The second-order valence-corrected chi connectivity index (χ2v) is 3.79. The summed E-state index contributed by atoms with van der Waals surface area (Å²) < 4.78 is 4.82. The number of carbonyl (C=O) groups is 1. The van der Waals surface area contributed by atoms with E-state index in [4.69, 9.17) is 16.3 Å². The number of halogens is 1. The van der Waals surface area contributed by atoms with Crippen molar-refractivity contribution in [2.75, 3.05) is 6.61 Å². The van der Waals surface area contributed by atoms with Gasteiger partial charge in [0.05, 0.1) is 6.61 Å². The molecule has 88 valence electrons. The van der Waals surface area contributed by atoms with E-state index in [2.05, 4.69) is 4.98 Å². The largest absolute Gasteiger partial charge is 0.461 e. The van der Waals surface area contributed by atoms with E-state index >= 15 is 0 Å². The Morgan fingerprint density at radius 3 is 2.82 bits per heavy atom. The van der Waals surface area contributed by atoms with Gasteiger partial charge < -0.3 is 9.72 Å². The first-order chi connectivity index (χ1) is 8.15. The van der Waals surface area contributed by atoms with Crippen LogP contribution in [-0.2, 0) is 4.74 Å². The van der Waals surface area contributed by atoms with Gasteiger partial charge in [-0.3, -0.25) is 4.79 Å². The van der Waals surface area contributed by atoms with E-state index in [9.17, 15) is 9.59 Å². The number of H-pyrrole nitrogens is 1. The van der Waals surface area contributed by atoms with E-state index in [0.717, 1.165) is 0 Å². The number of para-hydroxylation sites is 1. The van der Waals surface area contributed by atoms with Crippen molar-refractivity contribution in [3.05, 3.63) is 45.2 Å². The first-order valence-electron chi connectivity index (χ1n) is 5.12. The molecule has 4 nitrogen and oxygen atoms in total. The number of carbonyl (C=O) groups excluding carboxylic acids is 1. The SMILES string of the molecule is CCOC(=O)c1[nH]c2ccccc2c(=O)c1Cl. The minimum absolute atomic E-state index is 0.00258. The molecule has 0 aliphatic carbocycles. The molecule has 0 amide bonds. The van der Waals surface area contributed by atoms with E-state index in [-0.39, 0.29) is 22.8 Å². The zero-order chi connectivity index (χ0) is 12.4. The minimum atomic E-state index is -0.625. The third kappa shape index (κ3) is 2.03. The number of aromatic nitrogens is 1. The van der Waals surface area contributed by atoms with E-state index in [1.807, 2.05) is 0 Å². The van der Waals surface area contributed by atoms with Crippen LogP contribution in [0.2, 0.25) is 5.02 Å². The summed E-state index contributed by atoms with van der Waals surface area (Å²) in [6.07, 6.45) is 0. The number of hydrogen-bond donors (Lipinski definition) is 1. The van der Waals surface area contributed by atoms with Crippen LogP contribution in [-0.4, -0.2) is 17.6 Å². The summed E-state index contributed by atoms with van der Waals surface area (Å²) in [5, 5.41) is 0.313. The van der Waals surface area contributed by atoms with Gasteiger partial charge in [0.15, 0.2) is 0 Å². The van der Waals surface area contributed by atoms with E-state index in [0.29, 0.717) is 10.9 Å². The Hall–Kier alpha value is -1.81. The fourth-order valence-electron chi connectivity index (χ4n) is 1.56. The third-order valence-corrected chi connectivity index (χ3v) is 2.69. The summed E-state index contributed by atoms with van der Waals surface area (Å²) in [5.74, 6) is -0.625. The fraction of sp³-hybridized carbons (Fsp3) is 0.167. The maximum Gasteiger partial charge on any atom is 0.356 e. The van der Waals surface area contributed by atoms with Gasteiger partial charge in [-0.1, -0.05) is 23.7 Å². The number of hydrogen-bond acceptors (Lipinski definition) is 3. The smallest absolute Gasteiger partial charge is 0.356 e. The Bertz CT molecular complexity index is 633. The molecule has 17 heavy (non-hydrogen) atoms. The molecule has 1 aromatic carbocycles. The predicted octanol–water partition coefficient (Wildman–Crippen LogP) is 2.36. The van der Waals surface area contributed by atoms with Gasteiger partial charge in [-0.2, -0.15) is 0 Å². The van der Waals surface area contributed by atoms with E-state index in [1.54, 1.807) is 31.2 Å². The van der Waals surface area contributed by atoms with Crippen molar-refractivity contribution in [2.24, 2.45) is 0 Å². The molecule has 0 atom stereocenters. The molecule has 1 N–H and O–H groups in total. The van der Waals surface area contributed by atoms with Crippen molar-refractivity contribution >= 4 is 28.5 Å². The van der Waals surface area contributed by atoms with Crippen LogP contribution < -0.4 is 5.43 Å². The number of fused-ring (bicyclic) bond motifs is 1. The Morgan fingerprint density at radius 1 is 1.41 bits per heavy atom. The normalized spacial score (nSPS) is 10.5. The molecule has 0 bridgehead atoms. The van der Waals surface area contributed by atoms with Gasteiger partial charge >= 0.3 is 5.97 Å². The maximum absolute atomic E-state index is 11.9. The molecular weight excluding hydrogens is 242 g/mol. The minimum Gasteiger partial charge on any atom is -0.461 e. The maximum atomic E-state index is 11.9. The van der Waals surface area contributed by atoms with Crippen LogP contribution in [0.5, 0.6) is 0 Å². The van der Waals surface area contributed by atoms with Crippen molar-refractivity contribution in [1.82, 2.24) is 4.98 Å². The summed E-state index contributed by atoms with van der Waals surface area (Å²) in [6.45, 7) is 1.91. The monoisotopic (exact) mass is 251 g/mol. The lowest BCUT2D eigenvalue weighted by molar-refractivity contribution is 0.0520. The van der Waals surface area contributed by atoms with Gasteiger partial charge in [-0.05, 0) is 19.1 Å². The first kappa shape index (κ1) is 11.7. The molecule has 1 aromatic heterocycles. The second kappa shape index (κ2) is 4.59. The van der Waals surface area contributed by atoms with Gasteiger partial charge in [0.1, 0.15) is 10.7 Å². The highest BCUT2D eigenvalue weighted by Gasteiger charge is 2.16. The summed E-state index contributed by atoms with van der Waals surface area (Å²) in [6, 6.07) is 6.85. The Labute approximate surface area is 102 Å². The zero-order valence-corrected chi connectivity index (χ0v) is 9.88. The highest BCUT2D eigenvalue weighted by Crippen LogP contribution is 2.16. The highest BCUT2D eigenvalue weighted by atomic mass is 35.5. The molecule has 2 rings (SSSR count). The van der Waals surface area contributed by atoms with E-state index in [1.165, 1.54) is 0 Å². The van der Waals surface area contributed by atoms with Crippen LogP contribution >= 0.6 is 11.6 Å². The van der Waals surface area contributed by atoms with Crippen molar-refractivity contribution < 1.29 is 9.53 Å². The number of aromatic amines is 1. The summed E-state index contributed by atoms with van der Waals surface area (Å²) in [5.41, 5.74) is 0.186. The summed E-state index contributed by atoms with van der Waals surface area (Å²) in [7, 11) is 0. The lowest BCUT2D eigenvalue weighted by atomic mass is 10.2. The van der Waals surface area contributed by atoms with Crippen molar-refractivity contribution in [2.45, 2.75) is 6.92 Å². The Kier molecular flexibility index (Phi) is 3.15. The standard InChI is InChI=1S/C12H10ClNO3/c1-2-17-12(16)10-9(13)11(15)7-5-3-4-6-8(7)14-10/h3-6H,2H2,1H3,(H,14,15). The van der Waals surface area contributed by atoms with Gasteiger partial charge in [-0.25, -0.2) is 4.79 Å². The molecule has 0 aliphatic rings. The molecule has 0 spiro atoms. The van der Waals surface area contributed by atoms with Gasteiger partial charge in [0, 0.05) is 10.9 Å². The second-order valence-electron chi connectivity index (χ2n) is 3.41. The zero-order valence-electron chi connectivity index (χ0n) is 9.12. The summed E-state index contributed by atoms with van der Waals surface area (Å²) >= 11 is 5.86. The van der Waals surface area contributed by atoms with Crippen molar-refractivity contribution in [3.8, 4) is 0 Å². The molecule has 0 radical (unpaired) electrons. The number of esters is 1. The average molecular weight is 252 g/mol. The van der Waals surface area contributed by atoms with Crippen LogP contribution in [0.25, 0.3) is 10.9 Å². The molecule has 5 heteroatoms. The van der Waals surface area contributed by atoms with Crippen LogP contribution in [0.15, 0.2) is 29.1 Å². The fourth-order valence-corrected chi connectivity index (χ4v) is 1.78. The molecular formula is C12H10ClNO3. The van der Waals surface area contributed by atoms with Crippen LogP contribution in [0.1, 0.15) is 17.4 Å². The average Bonchev–Trinajstić information content (AvgIpc) is 2.34. The van der Waals surface area contributed by atoms with Crippen LogP contribution in [0.3, 0.4) is 0 Å². The van der Waals surface area contributed by atoms with Crippen LogP contribution in [0, 0.1) is 0 Å². The summed E-state index contributed by atoms with van der Waals surface area (Å²) in [4.78, 5) is 26.3. The first-order valence-corrected chi connectivity index (χ1v) is 5.50. The number of ether oxygens (including phenoxy) is 1. The number of nitrogens with one attached hydrogen (secondary N) is 1. The quantitative estimate of drug-likeness (QED) is 0.834. The van der Waals surface area contributed by atoms with Gasteiger partial charge in [0.25, 0.3) is 0 Å². The molecule has 0 unspecified atom stereocenters. The molecule has 0 aliphatic heterocycles. The lowest BCUT2D eigenvalue weighted by Crippen LogP contribution is -2.15. The highest BCUT2D eigenvalue weighted by molar-refractivity contribution is 6.33. The number of rotatable bonds is 2. The van der Waals surface area contributed by atoms with Crippen LogP contribution in [0.4, 0.5) is 0 Å².